The number of ether oxygens (including phenoxy) is 2. The highest BCUT2D eigenvalue weighted by atomic mass is 16.5. The molecular weight excluding hydrogens is 388 g/mol. The zero-order valence-corrected chi connectivity index (χ0v) is 17.7. The number of Topliss-reactive ketones (excluding diaryl/α,β-unsaturated/α-hetero) is 1. The van der Waals surface area contributed by atoms with Crippen LogP contribution in [0.5, 0.6) is 0 Å². The van der Waals surface area contributed by atoms with Gasteiger partial charge in [0.05, 0.1) is 31.7 Å². The molecule has 0 radical (unpaired) electrons. The Kier molecular flexibility index (Phi) is 5.51. The molecule has 8 atom stereocenters. The Bertz CT molecular complexity index is 816. The van der Waals surface area contributed by atoms with E-state index in [1.54, 1.807) is 12.5 Å². The minimum absolute atomic E-state index is 0.00967. The van der Waals surface area contributed by atoms with Gasteiger partial charge in [0.1, 0.15) is 0 Å². The van der Waals surface area contributed by atoms with E-state index in [1.807, 2.05) is 13.0 Å². The van der Waals surface area contributed by atoms with E-state index in [0.717, 1.165) is 18.4 Å². The van der Waals surface area contributed by atoms with E-state index in [0.29, 0.717) is 12.8 Å². The van der Waals surface area contributed by atoms with Crippen molar-refractivity contribution in [1.29, 1.82) is 0 Å². The summed E-state index contributed by atoms with van der Waals surface area (Å²) in [6, 6.07) is 1.90. The van der Waals surface area contributed by atoms with Crippen LogP contribution in [0, 0.1) is 29.1 Å². The first kappa shape index (κ1) is 21.1. The predicted molar refractivity (Wildman–Crippen MR) is 105 cm³/mol. The van der Waals surface area contributed by atoms with Gasteiger partial charge in [-0.1, -0.05) is 6.92 Å². The molecule has 1 heterocycles. The Morgan fingerprint density at radius 1 is 1.23 bits per heavy atom. The standard InChI is InChI=1S/C23H30O7/c1-12(24)30-19-10-17(22(27)28-3)23(2)6-4-15-16(20(23)21(19)26)8-14(9-18(15)25)13-5-7-29-11-13/h5,7,11,14-20,25H,4,6,8-10H2,1-3H3/t14-,15-,16+,17+,18-,19+,20+,23+/m1/s1. The van der Waals surface area contributed by atoms with Crippen LogP contribution in [0.2, 0.25) is 0 Å². The van der Waals surface area contributed by atoms with E-state index in [1.165, 1.54) is 14.0 Å². The molecule has 3 fully saturated rings. The first-order valence-corrected chi connectivity index (χ1v) is 10.7. The van der Waals surface area contributed by atoms with Crippen LogP contribution in [0.1, 0.15) is 57.4 Å². The van der Waals surface area contributed by atoms with Gasteiger partial charge in [-0.2, -0.15) is 0 Å². The maximum absolute atomic E-state index is 13.6. The van der Waals surface area contributed by atoms with Crippen LogP contribution in [-0.2, 0) is 23.9 Å². The molecule has 7 nitrogen and oxygen atoms in total. The first-order valence-electron chi connectivity index (χ1n) is 10.7. The molecule has 1 aromatic rings. The molecule has 3 aliphatic rings. The number of carbonyl (C=O) groups excluding carboxylic acids is 3. The van der Waals surface area contributed by atoms with Gasteiger partial charge in [-0.15, -0.1) is 0 Å². The number of furan rings is 1. The fourth-order valence-corrected chi connectivity index (χ4v) is 6.58. The number of rotatable bonds is 3. The highest BCUT2D eigenvalue weighted by Gasteiger charge is 2.62. The smallest absolute Gasteiger partial charge is 0.309 e. The van der Waals surface area contributed by atoms with Gasteiger partial charge < -0.3 is 19.0 Å². The highest BCUT2D eigenvalue weighted by Crippen LogP contribution is 2.60. The summed E-state index contributed by atoms with van der Waals surface area (Å²) in [5, 5.41) is 10.9. The van der Waals surface area contributed by atoms with Crippen molar-refractivity contribution >= 4 is 17.7 Å². The lowest BCUT2D eigenvalue weighted by Crippen LogP contribution is -2.61. The van der Waals surface area contributed by atoms with Crippen molar-refractivity contribution in [1.82, 2.24) is 0 Å². The number of hydrogen-bond donors (Lipinski definition) is 1. The van der Waals surface area contributed by atoms with Crippen LogP contribution in [0.4, 0.5) is 0 Å². The molecule has 164 valence electrons. The number of hydrogen-bond acceptors (Lipinski definition) is 7. The van der Waals surface area contributed by atoms with Gasteiger partial charge in [0.2, 0.25) is 0 Å². The third kappa shape index (κ3) is 3.37. The summed E-state index contributed by atoms with van der Waals surface area (Å²) in [4.78, 5) is 37.9. The number of carbonyl (C=O) groups is 3. The van der Waals surface area contributed by atoms with Gasteiger partial charge in [0, 0.05) is 19.3 Å². The maximum atomic E-state index is 13.6. The van der Waals surface area contributed by atoms with Crippen molar-refractivity contribution in [2.75, 3.05) is 7.11 Å². The Labute approximate surface area is 176 Å². The number of aliphatic hydroxyl groups excluding tert-OH is 1. The van der Waals surface area contributed by atoms with Crippen molar-refractivity contribution in [3.8, 4) is 0 Å². The normalized spacial score (nSPS) is 40.8. The van der Waals surface area contributed by atoms with E-state index >= 15 is 0 Å². The van der Waals surface area contributed by atoms with Crippen molar-refractivity contribution in [3.63, 3.8) is 0 Å². The van der Waals surface area contributed by atoms with Gasteiger partial charge in [-0.05, 0) is 60.5 Å². The van der Waals surface area contributed by atoms with Crippen molar-refractivity contribution in [2.24, 2.45) is 29.1 Å². The summed E-state index contributed by atoms with van der Waals surface area (Å²) in [6.45, 7) is 3.27. The molecule has 0 amide bonds. The molecule has 1 aromatic heterocycles. The van der Waals surface area contributed by atoms with Crippen molar-refractivity contribution < 1.29 is 33.4 Å². The summed E-state index contributed by atoms with van der Waals surface area (Å²) >= 11 is 0. The third-order valence-electron chi connectivity index (χ3n) is 7.96. The van der Waals surface area contributed by atoms with Crippen LogP contribution in [0.3, 0.4) is 0 Å². The van der Waals surface area contributed by atoms with Gasteiger partial charge >= 0.3 is 11.9 Å². The lowest BCUT2D eigenvalue weighted by Gasteiger charge is -2.57. The van der Waals surface area contributed by atoms with E-state index in [9.17, 15) is 19.5 Å². The zero-order valence-electron chi connectivity index (χ0n) is 17.7. The lowest BCUT2D eigenvalue weighted by atomic mass is 9.46. The minimum atomic E-state index is -0.949. The number of ketones is 1. The fraction of sp³-hybridized carbons (Fsp3) is 0.696. The van der Waals surface area contributed by atoms with Crippen LogP contribution in [0.25, 0.3) is 0 Å². The van der Waals surface area contributed by atoms with Gasteiger partial charge in [-0.25, -0.2) is 0 Å². The largest absolute Gasteiger partial charge is 0.472 e. The molecule has 0 spiro atoms. The molecule has 4 rings (SSSR count). The van der Waals surface area contributed by atoms with Crippen LogP contribution >= 0.6 is 0 Å². The molecule has 0 saturated heterocycles. The number of fused-ring (bicyclic) bond motifs is 3. The molecule has 3 aliphatic carbocycles. The molecule has 1 N–H and O–H groups in total. The molecule has 3 saturated carbocycles. The Balaban J connectivity index is 1.72. The van der Waals surface area contributed by atoms with Crippen LogP contribution < -0.4 is 0 Å². The second-order valence-electron chi connectivity index (χ2n) is 9.45. The molecule has 0 unspecified atom stereocenters. The Morgan fingerprint density at radius 2 is 2.00 bits per heavy atom. The number of methoxy groups -OCH3 is 1. The summed E-state index contributed by atoms with van der Waals surface area (Å²) in [6.07, 6.45) is 4.78. The zero-order chi connectivity index (χ0) is 21.6. The average Bonchev–Trinajstić information content (AvgIpc) is 3.23. The second kappa shape index (κ2) is 7.84. The monoisotopic (exact) mass is 418 g/mol. The summed E-state index contributed by atoms with van der Waals surface area (Å²) < 4.78 is 15.7. The van der Waals surface area contributed by atoms with E-state index in [-0.39, 0.29) is 35.9 Å². The van der Waals surface area contributed by atoms with Crippen molar-refractivity contribution in [2.45, 2.75) is 64.1 Å². The van der Waals surface area contributed by atoms with Crippen LogP contribution in [-0.4, -0.2) is 42.1 Å². The van der Waals surface area contributed by atoms with Gasteiger partial charge in [0.15, 0.2) is 11.9 Å². The van der Waals surface area contributed by atoms with Gasteiger partial charge in [-0.3, -0.25) is 14.4 Å². The molecule has 0 aromatic carbocycles. The Morgan fingerprint density at radius 3 is 2.63 bits per heavy atom. The maximum Gasteiger partial charge on any atom is 0.309 e. The van der Waals surface area contributed by atoms with Crippen molar-refractivity contribution in [3.05, 3.63) is 24.2 Å². The molecule has 7 heteroatoms. The van der Waals surface area contributed by atoms with Crippen LogP contribution in [0.15, 0.2) is 23.0 Å². The van der Waals surface area contributed by atoms with E-state index < -0.39 is 35.4 Å². The van der Waals surface area contributed by atoms with E-state index in [2.05, 4.69) is 0 Å². The minimum Gasteiger partial charge on any atom is -0.472 e. The predicted octanol–water partition coefficient (Wildman–Crippen LogP) is 2.86. The summed E-state index contributed by atoms with van der Waals surface area (Å²) in [5.41, 5.74) is 0.434. The quantitative estimate of drug-likeness (QED) is 0.753. The molecule has 0 aliphatic heterocycles. The highest BCUT2D eigenvalue weighted by molar-refractivity contribution is 5.91. The SMILES string of the molecule is COC(=O)[C@@H]1C[C@H](OC(C)=O)C(=O)[C@@H]2[C@H]3C[C@@H](c4ccoc4)C[C@@H](O)[C@@H]3CC[C@]21C. The average molecular weight is 418 g/mol. The topological polar surface area (TPSA) is 103 Å². The Hall–Kier alpha value is -2.15. The van der Waals surface area contributed by atoms with E-state index in [4.69, 9.17) is 13.9 Å². The summed E-state index contributed by atoms with van der Waals surface area (Å²) in [7, 11) is 1.35. The number of esters is 2. The fourth-order valence-electron chi connectivity index (χ4n) is 6.58. The molecular formula is C23H30O7. The molecule has 0 bridgehead atoms. The molecule has 30 heavy (non-hydrogen) atoms. The lowest BCUT2D eigenvalue weighted by molar-refractivity contribution is -0.186. The number of aliphatic hydroxyl groups is 1. The first-order chi connectivity index (χ1) is 14.3. The second-order valence-corrected chi connectivity index (χ2v) is 9.45. The van der Waals surface area contributed by atoms with Gasteiger partial charge in [0.25, 0.3) is 0 Å². The third-order valence-corrected chi connectivity index (χ3v) is 7.96. The summed E-state index contributed by atoms with van der Waals surface area (Å²) in [5.74, 6) is -2.04.